The molecular weight excluding hydrogens is 264 g/mol. The van der Waals surface area contributed by atoms with E-state index >= 15 is 0 Å². The maximum absolute atomic E-state index is 6.06. The first-order chi connectivity index (χ1) is 10.1. The van der Waals surface area contributed by atoms with Crippen LogP contribution in [0.25, 0.3) is 10.8 Å². The van der Waals surface area contributed by atoms with Crippen molar-refractivity contribution in [2.75, 3.05) is 0 Å². The third-order valence-electron chi connectivity index (χ3n) is 3.44. The van der Waals surface area contributed by atoms with E-state index in [9.17, 15) is 0 Å². The van der Waals surface area contributed by atoms with Crippen LogP contribution in [-0.4, -0.2) is 5.16 Å². The van der Waals surface area contributed by atoms with Gasteiger partial charge in [-0.05, 0) is 19.2 Å². The minimum atomic E-state index is -0.0938. The van der Waals surface area contributed by atoms with Gasteiger partial charge in [0.25, 0.3) is 0 Å². The molecule has 3 aromatic rings. The largest absolute Gasteiger partial charge is 0.486 e. The molecule has 108 valence electrons. The Hall–Kier alpha value is -2.33. The molecule has 21 heavy (non-hydrogen) atoms. The van der Waals surface area contributed by atoms with E-state index in [0.717, 1.165) is 33.5 Å². The van der Waals surface area contributed by atoms with Gasteiger partial charge < -0.3 is 15.0 Å². The van der Waals surface area contributed by atoms with E-state index < -0.39 is 0 Å². The Morgan fingerprint density at radius 2 is 2.05 bits per heavy atom. The molecular formula is C17H18N2O2. The van der Waals surface area contributed by atoms with Crippen LogP contribution >= 0.6 is 0 Å². The van der Waals surface area contributed by atoms with Crippen molar-refractivity contribution in [2.24, 2.45) is 5.73 Å². The molecule has 0 amide bonds. The van der Waals surface area contributed by atoms with Gasteiger partial charge in [-0.25, -0.2) is 0 Å². The molecule has 1 heterocycles. The highest BCUT2D eigenvalue weighted by Crippen LogP contribution is 2.33. The first-order valence-corrected chi connectivity index (χ1v) is 6.97. The topological polar surface area (TPSA) is 61.3 Å². The number of nitrogens with two attached hydrogens (primary N) is 1. The van der Waals surface area contributed by atoms with Crippen LogP contribution in [0.15, 0.2) is 47.0 Å². The Bertz CT molecular complexity index is 762. The molecule has 0 saturated heterocycles. The third-order valence-corrected chi connectivity index (χ3v) is 3.44. The number of aromatic nitrogens is 1. The minimum absolute atomic E-state index is 0.0938. The zero-order valence-electron chi connectivity index (χ0n) is 12.2. The maximum Gasteiger partial charge on any atom is 0.134 e. The summed E-state index contributed by atoms with van der Waals surface area (Å²) in [6.45, 7) is 4.18. The van der Waals surface area contributed by atoms with Crippen molar-refractivity contribution in [1.29, 1.82) is 0 Å². The number of rotatable bonds is 4. The second kappa shape index (κ2) is 5.58. The lowest BCUT2D eigenvalue weighted by molar-refractivity contribution is 0.287. The molecule has 1 atom stereocenters. The zero-order valence-corrected chi connectivity index (χ0v) is 12.2. The molecule has 0 fully saturated rings. The normalized spacial score (nSPS) is 12.5. The molecule has 1 aromatic heterocycles. The van der Waals surface area contributed by atoms with Gasteiger partial charge >= 0.3 is 0 Å². The molecule has 0 radical (unpaired) electrons. The standard InChI is InChI=1S/C17H18N2O2/c1-11-9-14(19-21-11)10-20-17-15(12(2)18)8-7-13-5-3-4-6-16(13)17/h3-9,12H,10,18H2,1-2H3/t12-/m1/s1. The number of benzene rings is 2. The average Bonchev–Trinajstić information content (AvgIpc) is 2.90. The van der Waals surface area contributed by atoms with Gasteiger partial charge in [-0.2, -0.15) is 0 Å². The Balaban J connectivity index is 1.99. The fourth-order valence-electron chi connectivity index (χ4n) is 2.41. The summed E-state index contributed by atoms with van der Waals surface area (Å²) in [5.74, 6) is 1.60. The summed E-state index contributed by atoms with van der Waals surface area (Å²) in [6.07, 6.45) is 0. The number of hydrogen-bond donors (Lipinski definition) is 1. The van der Waals surface area contributed by atoms with Crippen molar-refractivity contribution >= 4 is 10.8 Å². The van der Waals surface area contributed by atoms with Crippen molar-refractivity contribution < 1.29 is 9.26 Å². The monoisotopic (exact) mass is 282 g/mol. The predicted octanol–water partition coefficient (Wildman–Crippen LogP) is 3.73. The minimum Gasteiger partial charge on any atom is -0.486 e. The highest BCUT2D eigenvalue weighted by atomic mass is 16.5. The molecule has 4 heteroatoms. The summed E-state index contributed by atoms with van der Waals surface area (Å²) < 4.78 is 11.1. The molecule has 2 N–H and O–H groups in total. The van der Waals surface area contributed by atoms with E-state index in [2.05, 4.69) is 17.3 Å². The smallest absolute Gasteiger partial charge is 0.134 e. The fraction of sp³-hybridized carbons (Fsp3) is 0.235. The number of fused-ring (bicyclic) bond motifs is 1. The van der Waals surface area contributed by atoms with Crippen LogP contribution in [0.3, 0.4) is 0 Å². The van der Waals surface area contributed by atoms with Crippen LogP contribution in [0.5, 0.6) is 5.75 Å². The maximum atomic E-state index is 6.06. The number of aryl methyl sites for hydroxylation is 1. The lowest BCUT2D eigenvalue weighted by Crippen LogP contribution is -2.08. The highest BCUT2D eigenvalue weighted by Gasteiger charge is 2.13. The SMILES string of the molecule is Cc1cc(COc2c([C@@H](C)N)ccc3ccccc23)no1. The number of ether oxygens (including phenoxy) is 1. The molecule has 0 aliphatic rings. The van der Waals surface area contributed by atoms with Gasteiger partial charge in [-0.1, -0.05) is 41.6 Å². The zero-order chi connectivity index (χ0) is 14.8. The summed E-state index contributed by atoms with van der Waals surface area (Å²) >= 11 is 0. The van der Waals surface area contributed by atoms with E-state index in [1.54, 1.807) is 0 Å². The Morgan fingerprint density at radius 3 is 2.76 bits per heavy atom. The van der Waals surface area contributed by atoms with Gasteiger partial charge in [0.15, 0.2) is 0 Å². The van der Waals surface area contributed by atoms with E-state index in [-0.39, 0.29) is 6.04 Å². The van der Waals surface area contributed by atoms with Crippen LogP contribution in [0, 0.1) is 6.92 Å². The molecule has 0 aliphatic heterocycles. The highest BCUT2D eigenvalue weighted by molar-refractivity contribution is 5.89. The van der Waals surface area contributed by atoms with E-state index in [1.165, 1.54) is 0 Å². The first-order valence-electron chi connectivity index (χ1n) is 6.97. The molecule has 3 rings (SSSR count). The Morgan fingerprint density at radius 1 is 1.24 bits per heavy atom. The number of nitrogens with zero attached hydrogens (tertiary/aromatic N) is 1. The van der Waals surface area contributed by atoms with Crippen LogP contribution in [-0.2, 0) is 6.61 Å². The van der Waals surface area contributed by atoms with Gasteiger partial charge in [-0.15, -0.1) is 0 Å². The molecule has 0 spiro atoms. The van der Waals surface area contributed by atoms with Crippen LogP contribution in [0.1, 0.15) is 30.0 Å². The van der Waals surface area contributed by atoms with Gasteiger partial charge in [-0.3, -0.25) is 0 Å². The molecule has 0 saturated carbocycles. The van der Waals surface area contributed by atoms with Crippen molar-refractivity contribution in [3.05, 3.63) is 59.5 Å². The lowest BCUT2D eigenvalue weighted by atomic mass is 10.0. The van der Waals surface area contributed by atoms with Gasteiger partial charge in [0.1, 0.15) is 23.8 Å². The average molecular weight is 282 g/mol. The molecule has 0 aliphatic carbocycles. The molecule has 2 aromatic carbocycles. The summed E-state index contributed by atoms with van der Waals surface area (Å²) in [4.78, 5) is 0. The van der Waals surface area contributed by atoms with Crippen LogP contribution in [0.4, 0.5) is 0 Å². The Kier molecular flexibility index (Phi) is 3.62. The quantitative estimate of drug-likeness (QED) is 0.792. The van der Waals surface area contributed by atoms with Crippen molar-refractivity contribution in [3.63, 3.8) is 0 Å². The van der Waals surface area contributed by atoms with E-state index in [4.69, 9.17) is 15.0 Å². The summed E-state index contributed by atoms with van der Waals surface area (Å²) in [5, 5.41) is 6.15. The van der Waals surface area contributed by atoms with Crippen LogP contribution < -0.4 is 10.5 Å². The summed E-state index contributed by atoms with van der Waals surface area (Å²) in [5.41, 5.74) is 7.83. The second-order valence-electron chi connectivity index (χ2n) is 5.21. The van der Waals surface area contributed by atoms with E-state index in [1.807, 2.05) is 44.2 Å². The second-order valence-corrected chi connectivity index (χ2v) is 5.21. The fourth-order valence-corrected chi connectivity index (χ4v) is 2.41. The molecule has 0 unspecified atom stereocenters. The summed E-state index contributed by atoms with van der Waals surface area (Å²) in [6, 6.07) is 14.0. The molecule has 4 nitrogen and oxygen atoms in total. The van der Waals surface area contributed by atoms with Gasteiger partial charge in [0.2, 0.25) is 0 Å². The van der Waals surface area contributed by atoms with Gasteiger partial charge in [0.05, 0.1) is 0 Å². The first kappa shape index (κ1) is 13.6. The number of hydrogen-bond acceptors (Lipinski definition) is 4. The van der Waals surface area contributed by atoms with E-state index in [0.29, 0.717) is 6.61 Å². The van der Waals surface area contributed by atoms with Gasteiger partial charge in [0, 0.05) is 23.1 Å². The third kappa shape index (κ3) is 2.76. The lowest BCUT2D eigenvalue weighted by Gasteiger charge is -2.16. The van der Waals surface area contributed by atoms with Crippen molar-refractivity contribution in [1.82, 2.24) is 5.16 Å². The summed E-state index contributed by atoms with van der Waals surface area (Å²) in [7, 11) is 0. The van der Waals surface area contributed by atoms with Crippen molar-refractivity contribution in [2.45, 2.75) is 26.5 Å². The molecule has 0 bridgehead atoms. The van der Waals surface area contributed by atoms with Crippen LogP contribution in [0.2, 0.25) is 0 Å². The van der Waals surface area contributed by atoms with Crippen molar-refractivity contribution in [3.8, 4) is 5.75 Å². The Labute approximate surface area is 123 Å². The predicted molar refractivity (Wildman–Crippen MR) is 82.1 cm³/mol.